The fourth-order valence-electron chi connectivity index (χ4n) is 2.27. The quantitative estimate of drug-likeness (QED) is 0.593. The number of methoxy groups -OCH3 is 1. The van der Waals surface area contributed by atoms with E-state index in [4.69, 9.17) is 9.47 Å². The predicted octanol–water partition coefficient (Wildman–Crippen LogP) is 0.708. The normalized spacial score (nSPS) is 32.5. The molecule has 1 saturated heterocycles. The third-order valence-electron chi connectivity index (χ3n) is 3.52. The molecule has 1 aliphatic heterocycles. The van der Waals surface area contributed by atoms with Gasteiger partial charge in [0.1, 0.15) is 0 Å². The molecule has 5 nitrogen and oxygen atoms in total. The van der Waals surface area contributed by atoms with E-state index >= 15 is 0 Å². The smallest absolute Gasteiger partial charge is 0.194 e. The number of hydrogen-bond acceptors (Lipinski definition) is 3. The van der Waals surface area contributed by atoms with Crippen LogP contribution < -0.4 is 5.32 Å². The Balaban J connectivity index is 1.90. The van der Waals surface area contributed by atoms with Gasteiger partial charge in [-0.3, -0.25) is 4.99 Å². The summed E-state index contributed by atoms with van der Waals surface area (Å²) in [5, 5.41) is 3.55. The van der Waals surface area contributed by atoms with E-state index in [1.165, 1.54) is 6.42 Å². The zero-order chi connectivity index (χ0) is 13.0. The van der Waals surface area contributed by atoms with Crippen LogP contribution in [0.3, 0.4) is 0 Å². The standard InChI is InChI=1S/C13H25N3O2/c1-4-14-13(15-12-7-10(12)2)16-5-6-18-11(8-16)9-17-3/h10-12H,4-9H2,1-3H3,(H,14,15). The number of morpholine rings is 1. The maximum Gasteiger partial charge on any atom is 0.194 e. The maximum absolute atomic E-state index is 5.67. The summed E-state index contributed by atoms with van der Waals surface area (Å²) in [4.78, 5) is 6.89. The summed E-state index contributed by atoms with van der Waals surface area (Å²) in [6.07, 6.45) is 1.42. The highest BCUT2D eigenvalue weighted by atomic mass is 16.5. The number of aliphatic imine (C=N–C) groups is 1. The number of rotatable bonds is 4. The SMILES string of the molecule is CCN=C(NC1CC1C)N1CCOC(COC)C1. The van der Waals surface area contributed by atoms with Gasteiger partial charge in [-0.1, -0.05) is 6.92 Å². The van der Waals surface area contributed by atoms with Crippen LogP contribution in [-0.2, 0) is 9.47 Å². The Morgan fingerprint density at radius 2 is 2.33 bits per heavy atom. The van der Waals surface area contributed by atoms with Crippen molar-refractivity contribution in [2.45, 2.75) is 32.4 Å². The second kappa shape index (κ2) is 6.38. The number of nitrogens with zero attached hydrogens (tertiary/aromatic N) is 2. The minimum atomic E-state index is 0.157. The van der Waals surface area contributed by atoms with Gasteiger partial charge >= 0.3 is 0 Å². The minimum Gasteiger partial charge on any atom is -0.382 e. The zero-order valence-corrected chi connectivity index (χ0v) is 11.7. The summed E-state index contributed by atoms with van der Waals surface area (Å²) in [5.74, 6) is 1.82. The molecule has 1 aliphatic carbocycles. The molecule has 104 valence electrons. The van der Waals surface area contributed by atoms with E-state index in [-0.39, 0.29) is 6.10 Å². The number of guanidine groups is 1. The van der Waals surface area contributed by atoms with Crippen molar-refractivity contribution in [1.82, 2.24) is 10.2 Å². The van der Waals surface area contributed by atoms with Crippen molar-refractivity contribution < 1.29 is 9.47 Å². The van der Waals surface area contributed by atoms with Crippen LogP contribution in [0.2, 0.25) is 0 Å². The van der Waals surface area contributed by atoms with Gasteiger partial charge in [-0.2, -0.15) is 0 Å². The van der Waals surface area contributed by atoms with Crippen molar-refractivity contribution in [3.05, 3.63) is 0 Å². The van der Waals surface area contributed by atoms with Crippen LogP contribution in [0.5, 0.6) is 0 Å². The number of hydrogen-bond donors (Lipinski definition) is 1. The Bertz CT molecular complexity index is 294. The molecule has 1 heterocycles. The van der Waals surface area contributed by atoms with Gasteiger partial charge in [-0.25, -0.2) is 0 Å². The molecule has 3 unspecified atom stereocenters. The largest absolute Gasteiger partial charge is 0.382 e. The Morgan fingerprint density at radius 3 is 2.94 bits per heavy atom. The van der Waals surface area contributed by atoms with E-state index < -0.39 is 0 Å². The molecule has 1 saturated carbocycles. The molecule has 0 aromatic heterocycles. The van der Waals surface area contributed by atoms with Gasteiger partial charge in [0.2, 0.25) is 0 Å². The van der Waals surface area contributed by atoms with Gasteiger partial charge < -0.3 is 19.7 Å². The van der Waals surface area contributed by atoms with E-state index in [2.05, 4.69) is 29.1 Å². The molecule has 0 aromatic rings. The lowest BCUT2D eigenvalue weighted by Crippen LogP contribution is -2.52. The van der Waals surface area contributed by atoms with Crippen molar-refractivity contribution >= 4 is 5.96 Å². The summed E-state index contributed by atoms with van der Waals surface area (Å²) < 4.78 is 10.8. The highest BCUT2D eigenvalue weighted by Gasteiger charge is 2.35. The highest BCUT2D eigenvalue weighted by Crippen LogP contribution is 2.29. The summed E-state index contributed by atoms with van der Waals surface area (Å²) in [5.41, 5.74) is 0. The van der Waals surface area contributed by atoms with Crippen LogP contribution in [0.1, 0.15) is 20.3 Å². The fraction of sp³-hybridized carbons (Fsp3) is 0.923. The maximum atomic E-state index is 5.67. The van der Waals surface area contributed by atoms with Crippen molar-refractivity contribution in [2.24, 2.45) is 10.9 Å². The first kappa shape index (κ1) is 13.6. The molecule has 0 amide bonds. The molecule has 2 aliphatic rings. The molecule has 0 aromatic carbocycles. The Morgan fingerprint density at radius 1 is 1.56 bits per heavy atom. The molecule has 2 fully saturated rings. The molecule has 5 heteroatoms. The molecular formula is C13H25N3O2. The zero-order valence-electron chi connectivity index (χ0n) is 11.7. The molecule has 0 radical (unpaired) electrons. The third kappa shape index (κ3) is 3.59. The lowest BCUT2D eigenvalue weighted by molar-refractivity contribution is -0.0447. The summed E-state index contributed by atoms with van der Waals surface area (Å²) in [7, 11) is 1.72. The van der Waals surface area contributed by atoms with Gasteiger partial charge in [-0.15, -0.1) is 0 Å². The average Bonchev–Trinajstić information content (AvgIpc) is 3.05. The molecule has 0 spiro atoms. The first-order valence-corrected chi connectivity index (χ1v) is 6.91. The van der Waals surface area contributed by atoms with E-state index in [1.807, 2.05) is 0 Å². The summed E-state index contributed by atoms with van der Waals surface area (Å²) >= 11 is 0. The number of ether oxygens (including phenoxy) is 2. The Kier molecular flexibility index (Phi) is 4.83. The average molecular weight is 255 g/mol. The van der Waals surface area contributed by atoms with Crippen molar-refractivity contribution in [2.75, 3.05) is 40.0 Å². The Hall–Kier alpha value is -0.810. The van der Waals surface area contributed by atoms with E-state index in [1.54, 1.807) is 7.11 Å². The lowest BCUT2D eigenvalue weighted by atomic mass is 10.3. The topological polar surface area (TPSA) is 46.1 Å². The Labute approximate surface area is 110 Å². The van der Waals surface area contributed by atoms with Crippen molar-refractivity contribution in [3.63, 3.8) is 0 Å². The van der Waals surface area contributed by atoms with E-state index in [9.17, 15) is 0 Å². The van der Waals surface area contributed by atoms with Crippen LogP contribution in [0.4, 0.5) is 0 Å². The summed E-state index contributed by atoms with van der Waals surface area (Å²) in [6.45, 7) is 8.33. The van der Waals surface area contributed by atoms with Gasteiger partial charge in [0, 0.05) is 32.8 Å². The molecule has 1 N–H and O–H groups in total. The summed E-state index contributed by atoms with van der Waals surface area (Å²) in [6, 6.07) is 0.610. The van der Waals surface area contributed by atoms with Crippen LogP contribution in [-0.4, -0.2) is 63.0 Å². The second-order valence-electron chi connectivity index (χ2n) is 5.16. The molecule has 3 atom stereocenters. The van der Waals surface area contributed by atoms with E-state index in [0.29, 0.717) is 12.6 Å². The molecular weight excluding hydrogens is 230 g/mol. The van der Waals surface area contributed by atoms with Gasteiger partial charge in [0.05, 0.1) is 19.3 Å². The highest BCUT2D eigenvalue weighted by molar-refractivity contribution is 5.80. The molecule has 18 heavy (non-hydrogen) atoms. The third-order valence-corrected chi connectivity index (χ3v) is 3.52. The van der Waals surface area contributed by atoms with Crippen LogP contribution in [0, 0.1) is 5.92 Å². The molecule has 0 bridgehead atoms. The first-order valence-electron chi connectivity index (χ1n) is 6.91. The number of nitrogens with one attached hydrogen (secondary N) is 1. The van der Waals surface area contributed by atoms with Gasteiger partial charge in [0.25, 0.3) is 0 Å². The van der Waals surface area contributed by atoms with E-state index in [0.717, 1.165) is 38.1 Å². The van der Waals surface area contributed by atoms with Crippen LogP contribution >= 0.6 is 0 Å². The van der Waals surface area contributed by atoms with Crippen LogP contribution in [0.25, 0.3) is 0 Å². The fourth-order valence-corrected chi connectivity index (χ4v) is 2.27. The van der Waals surface area contributed by atoms with Gasteiger partial charge in [0.15, 0.2) is 5.96 Å². The lowest BCUT2D eigenvalue weighted by Gasteiger charge is -2.35. The minimum absolute atomic E-state index is 0.157. The van der Waals surface area contributed by atoms with Crippen molar-refractivity contribution in [3.8, 4) is 0 Å². The molecule has 2 rings (SSSR count). The monoisotopic (exact) mass is 255 g/mol. The predicted molar refractivity (Wildman–Crippen MR) is 71.9 cm³/mol. The second-order valence-corrected chi connectivity index (χ2v) is 5.16. The van der Waals surface area contributed by atoms with Gasteiger partial charge in [-0.05, 0) is 19.3 Å². The van der Waals surface area contributed by atoms with Crippen LogP contribution in [0.15, 0.2) is 4.99 Å². The first-order chi connectivity index (χ1) is 8.74. The van der Waals surface area contributed by atoms with Crippen molar-refractivity contribution in [1.29, 1.82) is 0 Å².